The summed E-state index contributed by atoms with van der Waals surface area (Å²) >= 11 is 1.50. The highest BCUT2D eigenvalue weighted by Gasteiger charge is 2.40. The van der Waals surface area contributed by atoms with Crippen molar-refractivity contribution >= 4 is 22.4 Å². The van der Waals surface area contributed by atoms with E-state index in [-0.39, 0.29) is 5.91 Å². The van der Waals surface area contributed by atoms with Crippen LogP contribution in [0, 0.1) is 17.8 Å². The lowest BCUT2D eigenvalue weighted by atomic mass is 9.86. The second kappa shape index (κ2) is 5.57. The monoisotopic (exact) mass is 279 g/mol. The van der Waals surface area contributed by atoms with E-state index in [4.69, 9.17) is 0 Å². The van der Waals surface area contributed by atoms with Gasteiger partial charge in [0.1, 0.15) is 5.01 Å². The van der Waals surface area contributed by atoms with E-state index in [0.29, 0.717) is 17.5 Å². The fraction of sp³-hybridized carbons (Fsp3) is 0.786. The van der Waals surface area contributed by atoms with Crippen LogP contribution < -0.4 is 5.32 Å². The van der Waals surface area contributed by atoms with Gasteiger partial charge in [-0.1, -0.05) is 24.7 Å². The number of aryl methyl sites for hydroxylation is 1. The summed E-state index contributed by atoms with van der Waals surface area (Å²) in [7, 11) is 0. The lowest BCUT2D eigenvalue weighted by molar-refractivity contribution is -0.117. The number of nitrogens with zero attached hydrogens (tertiary/aromatic N) is 2. The molecule has 1 amide bonds. The minimum atomic E-state index is 0.122. The lowest BCUT2D eigenvalue weighted by Gasteiger charge is -2.20. The van der Waals surface area contributed by atoms with Crippen LogP contribution in [0.2, 0.25) is 0 Å². The maximum Gasteiger partial charge on any atom is 0.226 e. The molecule has 0 radical (unpaired) electrons. The maximum absolute atomic E-state index is 12.0. The minimum absolute atomic E-state index is 0.122. The summed E-state index contributed by atoms with van der Waals surface area (Å²) < 4.78 is 0. The van der Waals surface area contributed by atoms with Crippen LogP contribution in [0.3, 0.4) is 0 Å². The molecule has 104 valence electrons. The van der Waals surface area contributed by atoms with Gasteiger partial charge in [0.2, 0.25) is 11.0 Å². The first-order valence-corrected chi connectivity index (χ1v) is 8.18. The predicted octanol–water partition coefficient (Wildman–Crippen LogP) is 3.26. The second-order valence-corrected chi connectivity index (χ2v) is 7.00. The molecule has 3 atom stereocenters. The molecule has 4 nitrogen and oxygen atoms in total. The van der Waals surface area contributed by atoms with E-state index in [0.717, 1.165) is 29.7 Å². The summed E-state index contributed by atoms with van der Waals surface area (Å²) in [6, 6.07) is 0. The largest absolute Gasteiger partial charge is 0.301 e. The molecule has 0 saturated heterocycles. The molecule has 2 aliphatic rings. The maximum atomic E-state index is 12.0. The average molecular weight is 279 g/mol. The van der Waals surface area contributed by atoms with Crippen molar-refractivity contribution in [2.45, 2.75) is 51.9 Å². The van der Waals surface area contributed by atoms with Crippen LogP contribution in [0.5, 0.6) is 0 Å². The molecule has 3 rings (SSSR count). The van der Waals surface area contributed by atoms with Crippen molar-refractivity contribution in [3.8, 4) is 0 Å². The normalized spacial score (nSPS) is 28.8. The van der Waals surface area contributed by atoms with Crippen molar-refractivity contribution in [2.24, 2.45) is 17.8 Å². The summed E-state index contributed by atoms with van der Waals surface area (Å²) in [4.78, 5) is 12.0. The first-order chi connectivity index (χ1) is 9.24. The molecular weight excluding hydrogens is 258 g/mol. The SMILES string of the molecule is CCCc1nnc(NC(=O)C[C@@H]2C[C@H]3CC[C@H]2C3)s1. The van der Waals surface area contributed by atoms with Gasteiger partial charge in [0.05, 0.1) is 0 Å². The second-order valence-electron chi connectivity index (χ2n) is 5.94. The Hall–Kier alpha value is -0.970. The van der Waals surface area contributed by atoms with Crippen LogP contribution in [-0.2, 0) is 11.2 Å². The summed E-state index contributed by atoms with van der Waals surface area (Å²) in [5.41, 5.74) is 0. The molecule has 0 aromatic carbocycles. The van der Waals surface area contributed by atoms with Crippen molar-refractivity contribution in [3.63, 3.8) is 0 Å². The Morgan fingerprint density at radius 2 is 2.26 bits per heavy atom. The Labute approximate surface area is 118 Å². The van der Waals surface area contributed by atoms with Gasteiger partial charge in [0.15, 0.2) is 0 Å². The number of anilines is 1. The average Bonchev–Trinajstić information content (AvgIpc) is 3.06. The van der Waals surface area contributed by atoms with Crippen LogP contribution in [-0.4, -0.2) is 16.1 Å². The lowest BCUT2D eigenvalue weighted by Crippen LogP contribution is -2.20. The summed E-state index contributed by atoms with van der Waals surface area (Å²) in [5, 5.41) is 12.7. The number of nitrogens with one attached hydrogen (secondary N) is 1. The Morgan fingerprint density at radius 3 is 2.95 bits per heavy atom. The molecule has 1 aromatic heterocycles. The molecular formula is C14H21N3OS. The van der Waals surface area contributed by atoms with Gasteiger partial charge in [-0.3, -0.25) is 4.79 Å². The number of carbonyl (C=O) groups is 1. The van der Waals surface area contributed by atoms with Crippen LogP contribution in [0.1, 0.15) is 50.5 Å². The third-order valence-electron chi connectivity index (χ3n) is 4.51. The highest BCUT2D eigenvalue weighted by Crippen LogP contribution is 2.49. The molecule has 0 spiro atoms. The standard InChI is InChI=1S/C14H21N3OS/c1-2-3-13-16-17-14(19-13)15-12(18)8-11-7-9-4-5-10(11)6-9/h9-11H,2-8H2,1H3,(H,15,17,18)/t9-,10-,11-/m0/s1. The molecule has 5 heteroatoms. The van der Waals surface area contributed by atoms with E-state index in [1.807, 2.05) is 0 Å². The number of carbonyl (C=O) groups excluding carboxylic acids is 1. The minimum Gasteiger partial charge on any atom is -0.301 e. The van der Waals surface area contributed by atoms with Crippen molar-refractivity contribution in [1.29, 1.82) is 0 Å². The molecule has 1 heterocycles. The van der Waals surface area contributed by atoms with E-state index < -0.39 is 0 Å². The number of aromatic nitrogens is 2. The van der Waals surface area contributed by atoms with Gasteiger partial charge in [0.25, 0.3) is 0 Å². The fourth-order valence-corrected chi connectivity index (χ4v) is 4.51. The first kappa shape index (κ1) is 13.0. The van der Waals surface area contributed by atoms with Crippen molar-refractivity contribution in [1.82, 2.24) is 10.2 Å². The van der Waals surface area contributed by atoms with Gasteiger partial charge in [0, 0.05) is 12.8 Å². The molecule has 2 saturated carbocycles. The van der Waals surface area contributed by atoms with E-state index in [9.17, 15) is 4.79 Å². The Kier molecular flexibility index (Phi) is 3.82. The Morgan fingerprint density at radius 1 is 1.37 bits per heavy atom. The zero-order chi connectivity index (χ0) is 13.2. The van der Waals surface area contributed by atoms with Crippen LogP contribution in [0.25, 0.3) is 0 Å². The highest BCUT2D eigenvalue weighted by molar-refractivity contribution is 7.15. The van der Waals surface area contributed by atoms with Crippen LogP contribution in [0.15, 0.2) is 0 Å². The van der Waals surface area contributed by atoms with E-state index >= 15 is 0 Å². The van der Waals surface area contributed by atoms with Crippen molar-refractivity contribution in [2.75, 3.05) is 5.32 Å². The highest BCUT2D eigenvalue weighted by atomic mass is 32.1. The van der Waals surface area contributed by atoms with E-state index in [2.05, 4.69) is 22.4 Å². The number of amides is 1. The fourth-order valence-electron chi connectivity index (χ4n) is 3.65. The summed E-state index contributed by atoms with van der Waals surface area (Å²) in [6.45, 7) is 2.12. The van der Waals surface area contributed by atoms with Gasteiger partial charge in [-0.2, -0.15) is 0 Å². The van der Waals surface area contributed by atoms with Crippen LogP contribution in [0.4, 0.5) is 5.13 Å². The molecule has 0 aliphatic heterocycles. The van der Waals surface area contributed by atoms with Gasteiger partial charge in [-0.25, -0.2) is 0 Å². The molecule has 19 heavy (non-hydrogen) atoms. The van der Waals surface area contributed by atoms with Crippen molar-refractivity contribution in [3.05, 3.63) is 5.01 Å². The quantitative estimate of drug-likeness (QED) is 0.900. The van der Waals surface area contributed by atoms with Gasteiger partial charge >= 0.3 is 0 Å². The van der Waals surface area contributed by atoms with E-state index in [1.54, 1.807) is 0 Å². The Bertz CT molecular complexity index is 459. The molecule has 1 aromatic rings. The topological polar surface area (TPSA) is 54.9 Å². The third kappa shape index (κ3) is 2.96. The number of fused-ring (bicyclic) bond motifs is 2. The smallest absolute Gasteiger partial charge is 0.226 e. The van der Waals surface area contributed by atoms with E-state index in [1.165, 1.54) is 37.0 Å². The van der Waals surface area contributed by atoms with Gasteiger partial charge in [-0.15, -0.1) is 10.2 Å². The summed E-state index contributed by atoms with van der Waals surface area (Å²) in [5.74, 6) is 2.44. The molecule has 0 unspecified atom stereocenters. The first-order valence-electron chi connectivity index (χ1n) is 7.36. The molecule has 2 bridgehead atoms. The van der Waals surface area contributed by atoms with Gasteiger partial charge < -0.3 is 5.32 Å². The van der Waals surface area contributed by atoms with Crippen LogP contribution >= 0.6 is 11.3 Å². The number of hydrogen-bond acceptors (Lipinski definition) is 4. The summed E-state index contributed by atoms with van der Waals surface area (Å²) in [6.07, 6.45) is 8.02. The molecule has 1 N–H and O–H groups in total. The number of hydrogen-bond donors (Lipinski definition) is 1. The Balaban J connectivity index is 1.50. The molecule has 2 aliphatic carbocycles. The number of rotatable bonds is 5. The van der Waals surface area contributed by atoms with Gasteiger partial charge in [-0.05, 0) is 43.4 Å². The molecule has 2 fully saturated rings. The van der Waals surface area contributed by atoms with Crippen molar-refractivity contribution < 1.29 is 4.79 Å². The zero-order valence-corrected chi connectivity index (χ0v) is 12.2. The predicted molar refractivity (Wildman–Crippen MR) is 76.1 cm³/mol. The third-order valence-corrected chi connectivity index (χ3v) is 5.41. The zero-order valence-electron chi connectivity index (χ0n) is 11.4.